The van der Waals surface area contributed by atoms with Gasteiger partial charge in [0.15, 0.2) is 0 Å². The van der Waals surface area contributed by atoms with Crippen LogP contribution in [0, 0.1) is 6.92 Å². The SMILES string of the molecule is Cc1cccc(Cn2c(CN3CCCCCC3)nc3ccccc32)c1. The van der Waals surface area contributed by atoms with Crippen molar-refractivity contribution in [3.8, 4) is 0 Å². The van der Waals surface area contributed by atoms with Gasteiger partial charge in [0.25, 0.3) is 0 Å². The van der Waals surface area contributed by atoms with Gasteiger partial charge < -0.3 is 4.57 Å². The lowest BCUT2D eigenvalue weighted by atomic mass is 10.1. The number of hydrogen-bond acceptors (Lipinski definition) is 2. The summed E-state index contributed by atoms with van der Waals surface area (Å²) in [5.41, 5.74) is 5.02. The molecule has 1 saturated heterocycles. The monoisotopic (exact) mass is 333 g/mol. The van der Waals surface area contributed by atoms with E-state index in [1.807, 2.05) is 0 Å². The highest BCUT2D eigenvalue weighted by Crippen LogP contribution is 2.21. The standard InChI is InChI=1S/C22H27N3/c1-18-9-8-10-19(15-18)16-25-21-12-5-4-11-20(21)23-22(25)17-24-13-6-2-3-7-14-24/h4-5,8-12,15H,2-3,6-7,13-14,16-17H2,1H3. The summed E-state index contributed by atoms with van der Waals surface area (Å²) in [6.07, 6.45) is 5.38. The van der Waals surface area contributed by atoms with Crippen molar-refractivity contribution in [3.63, 3.8) is 0 Å². The first-order chi connectivity index (χ1) is 12.3. The molecule has 0 spiro atoms. The minimum atomic E-state index is 0.894. The van der Waals surface area contributed by atoms with Crippen LogP contribution in [0.4, 0.5) is 0 Å². The molecule has 130 valence electrons. The van der Waals surface area contributed by atoms with Crippen LogP contribution in [0.15, 0.2) is 48.5 Å². The predicted octanol–water partition coefficient (Wildman–Crippen LogP) is 4.77. The number of para-hydroxylation sites is 2. The fourth-order valence-electron chi connectivity index (χ4n) is 3.91. The molecule has 25 heavy (non-hydrogen) atoms. The molecule has 3 heteroatoms. The van der Waals surface area contributed by atoms with E-state index in [2.05, 4.69) is 64.9 Å². The summed E-state index contributed by atoms with van der Waals surface area (Å²) in [4.78, 5) is 7.56. The zero-order valence-electron chi connectivity index (χ0n) is 15.1. The van der Waals surface area contributed by atoms with Crippen LogP contribution >= 0.6 is 0 Å². The summed E-state index contributed by atoms with van der Waals surface area (Å²) in [6, 6.07) is 17.3. The first kappa shape index (κ1) is 16.3. The van der Waals surface area contributed by atoms with Gasteiger partial charge in [-0.1, -0.05) is 54.8 Å². The lowest BCUT2D eigenvalue weighted by Gasteiger charge is -2.20. The van der Waals surface area contributed by atoms with Gasteiger partial charge in [0, 0.05) is 6.54 Å². The summed E-state index contributed by atoms with van der Waals surface area (Å²) in [6.45, 7) is 6.42. The van der Waals surface area contributed by atoms with E-state index in [1.54, 1.807) is 0 Å². The molecule has 0 N–H and O–H groups in total. The number of imidazole rings is 1. The molecule has 0 bridgehead atoms. The van der Waals surface area contributed by atoms with Crippen molar-refractivity contribution < 1.29 is 0 Å². The van der Waals surface area contributed by atoms with E-state index in [0.29, 0.717) is 0 Å². The lowest BCUT2D eigenvalue weighted by molar-refractivity contribution is 0.267. The van der Waals surface area contributed by atoms with Gasteiger partial charge >= 0.3 is 0 Å². The largest absolute Gasteiger partial charge is 0.322 e. The molecule has 1 aliphatic heterocycles. The molecule has 1 aliphatic rings. The van der Waals surface area contributed by atoms with Crippen molar-refractivity contribution in [2.75, 3.05) is 13.1 Å². The number of benzene rings is 2. The molecule has 1 aromatic heterocycles. The Morgan fingerprint density at radius 3 is 2.48 bits per heavy atom. The minimum absolute atomic E-state index is 0.894. The fraction of sp³-hybridized carbons (Fsp3) is 0.409. The van der Waals surface area contributed by atoms with Crippen LogP contribution in [0.3, 0.4) is 0 Å². The molecule has 2 heterocycles. The maximum Gasteiger partial charge on any atom is 0.124 e. The smallest absolute Gasteiger partial charge is 0.124 e. The highest BCUT2D eigenvalue weighted by molar-refractivity contribution is 5.76. The van der Waals surface area contributed by atoms with Crippen molar-refractivity contribution in [2.24, 2.45) is 0 Å². The quantitative estimate of drug-likeness (QED) is 0.686. The van der Waals surface area contributed by atoms with Crippen molar-refractivity contribution in [2.45, 2.75) is 45.7 Å². The zero-order valence-corrected chi connectivity index (χ0v) is 15.1. The topological polar surface area (TPSA) is 21.1 Å². The average molecular weight is 333 g/mol. The van der Waals surface area contributed by atoms with Gasteiger partial charge in [0.05, 0.1) is 17.6 Å². The third-order valence-corrected chi connectivity index (χ3v) is 5.22. The van der Waals surface area contributed by atoms with Crippen molar-refractivity contribution in [1.82, 2.24) is 14.5 Å². The number of aryl methyl sites for hydroxylation is 1. The Balaban J connectivity index is 1.67. The van der Waals surface area contributed by atoms with E-state index >= 15 is 0 Å². The second-order valence-electron chi connectivity index (χ2n) is 7.28. The van der Waals surface area contributed by atoms with E-state index in [0.717, 1.165) is 18.6 Å². The number of aromatic nitrogens is 2. The van der Waals surface area contributed by atoms with E-state index in [9.17, 15) is 0 Å². The van der Waals surface area contributed by atoms with Gasteiger partial charge in [-0.25, -0.2) is 4.98 Å². The zero-order chi connectivity index (χ0) is 17.1. The van der Waals surface area contributed by atoms with Crippen LogP contribution < -0.4 is 0 Å². The van der Waals surface area contributed by atoms with Gasteiger partial charge in [-0.05, 0) is 50.6 Å². The Morgan fingerprint density at radius 1 is 0.880 bits per heavy atom. The van der Waals surface area contributed by atoms with Gasteiger partial charge in [0.1, 0.15) is 5.82 Å². The van der Waals surface area contributed by atoms with E-state index < -0.39 is 0 Å². The molecule has 0 saturated carbocycles. The number of likely N-dealkylation sites (tertiary alicyclic amines) is 1. The molecule has 0 unspecified atom stereocenters. The van der Waals surface area contributed by atoms with E-state index in [-0.39, 0.29) is 0 Å². The second kappa shape index (κ2) is 7.40. The van der Waals surface area contributed by atoms with Crippen molar-refractivity contribution >= 4 is 11.0 Å². The van der Waals surface area contributed by atoms with Gasteiger partial charge in [-0.15, -0.1) is 0 Å². The Bertz CT molecular complexity index is 841. The molecule has 2 aromatic carbocycles. The van der Waals surface area contributed by atoms with Crippen molar-refractivity contribution in [1.29, 1.82) is 0 Å². The van der Waals surface area contributed by atoms with Gasteiger partial charge in [-0.2, -0.15) is 0 Å². The number of nitrogens with zero attached hydrogens (tertiary/aromatic N) is 3. The van der Waals surface area contributed by atoms with E-state index in [1.165, 1.54) is 61.2 Å². The lowest BCUT2D eigenvalue weighted by Crippen LogP contribution is -2.26. The number of rotatable bonds is 4. The second-order valence-corrected chi connectivity index (χ2v) is 7.28. The Labute approximate surface area is 150 Å². The van der Waals surface area contributed by atoms with Crippen LogP contribution in [-0.2, 0) is 13.1 Å². The van der Waals surface area contributed by atoms with Crippen LogP contribution in [0.5, 0.6) is 0 Å². The molecular formula is C22H27N3. The first-order valence-electron chi connectivity index (χ1n) is 9.52. The Morgan fingerprint density at radius 2 is 1.68 bits per heavy atom. The average Bonchev–Trinajstić information content (AvgIpc) is 2.78. The van der Waals surface area contributed by atoms with Crippen LogP contribution in [0.2, 0.25) is 0 Å². The molecule has 0 amide bonds. The minimum Gasteiger partial charge on any atom is -0.322 e. The summed E-state index contributed by atoms with van der Waals surface area (Å²) in [5, 5.41) is 0. The molecular weight excluding hydrogens is 306 g/mol. The van der Waals surface area contributed by atoms with E-state index in [4.69, 9.17) is 4.98 Å². The maximum atomic E-state index is 4.98. The third-order valence-electron chi connectivity index (χ3n) is 5.22. The summed E-state index contributed by atoms with van der Waals surface area (Å²) in [7, 11) is 0. The fourth-order valence-corrected chi connectivity index (χ4v) is 3.91. The normalized spacial score (nSPS) is 16.2. The number of hydrogen-bond donors (Lipinski definition) is 0. The molecule has 3 nitrogen and oxygen atoms in total. The molecule has 4 rings (SSSR count). The third kappa shape index (κ3) is 3.77. The van der Waals surface area contributed by atoms with Crippen LogP contribution in [-0.4, -0.2) is 27.5 Å². The molecule has 0 radical (unpaired) electrons. The summed E-state index contributed by atoms with van der Waals surface area (Å²) >= 11 is 0. The van der Waals surface area contributed by atoms with Crippen molar-refractivity contribution in [3.05, 3.63) is 65.5 Å². The van der Waals surface area contributed by atoms with Crippen LogP contribution in [0.25, 0.3) is 11.0 Å². The van der Waals surface area contributed by atoms with Gasteiger partial charge in [0.2, 0.25) is 0 Å². The molecule has 0 aliphatic carbocycles. The molecule has 0 atom stereocenters. The van der Waals surface area contributed by atoms with Gasteiger partial charge in [-0.3, -0.25) is 4.90 Å². The first-order valence-corrected chi connectivity index (χ1v) is 9.52. The predicted molar refractivity (Wildman–Crippen MR) is 104 cm³/mol. The highest BCUT2D eigenvalue weighted by atomic mass is 15.2. The van der Waals surface area contributed by atoms with Crippen LogP contribution in [0.1, 0.15) is 42.6 Å². The summed E-state index contributed by atoms with van der Waals surface area (Å²) < 4.78 is 2.41. The number of fused-ring (bicyclic) bond motifs is 1. The highest BCUT2D eigenvalue weighted by Gasteiger charge is 2.16. The molecule has 1 fully saturated rings. The maximum absolute atomic E-state index is 4.98. The Hall–Kier alpha value is -2.13. The summed E-state index contributed by atoms with van der Waals surface area (Å²) in [5.74, 6) is 1.20. The molecule has 3 aromatic rings. The Kier molecular flexibility index (Phi) is 4.84.